The molecule has 0 spiro atoms. The van der Waals surface area contributed by atoms with Gasteiger partial charge in [0.1, 0.15) is 0 Å². The summed E-state index contributed by atoms with van der Waals surface area (Å²) in [6, 6.07) is 7.79. The van der Waals surface area contributed by atoms with Gasteiger partial charge in [-0.15, -0.1) is 0 Å². The second-order valence-electron chi connectivity index (χ2n) is 4.92. The van der Waals surface area contributed by atoms with Crippen LogP contribution in [0.2, 0.25) is 0 Å². The summed E-state index contributed by atoms with van der Waals surface area (Å²) in [4.78, 5) is 13.9. The number of rotatable bonds is 7. The minimum absolute atomic E-state index is 0.00566. The van der Waals surface area contributed by atoms with Gasteiger partial charge in [0.25, 0.3) is 0 Å². The first-order valence-corrected chi connectivity index (χ1v) is 7.09. The molecule has 5 nitrogen and oxygen atoms in total. The molecule has 0 aromatic heterocycles. The van der Waals surface area contributed by atoms with Crippen molar-refractivity contribution in [2.45, 2.75) is 32.4 Å². The fraction of sp³-hybridized carbons (Fsp3) is 0.533. The molecule has 20 heavy (non-hydrogen) atoms. The van der Waals surface area contributed by atoms with Gasteiger partial charge in [-0.05, 0) is 37.5 Å². The lowest BCUT2D eigenvalue weighted by molar-refractivity contribution is 0.134. The van der Waals surface area contributed by atoms with Crippen molar-refractivity contribution in [2.24, 2.45) is 0 Å². The number of carbonyl (C=O) groups is 1. The molecule has 2 N–H and O–H groups in total. The highest BCUT2D eigenvalue weighted by atomic mass is 16.5. The summed E-state index contributed by atoms with van der Waals surface area (Å²) in [5, 5.41) is 11.9. The van der Waals surface area contributed by atoms with Gasteiger partial charge in [0.2, 0.25) is 0 Å². The van der Waals surface area contributed by atoms with Gasteiger partial charge in [-0.25, -0.2) is 4.79 Å². The average molecular weight is 278 g/mol. The van der Waals surface area contributed by atoms with Crippen LogP contribution in [0.5, 0.6) is 0 Å². The second-order valence-corrected chi connectivity index (χ2v) is 4.92. The van der Waals surface area contributed by atoms with E-state index < -0.39 is 0 Å². The van der Waals surface area contributed by atoms with Crippen LogP contribution in [0, 0.1) is 0 Å². The van der Waals surface area contributed by atoms with Gasteiger partial charge in [-0.1, -0.05) is 12.1 Å². The van der Waals surface area contributed by atoms with Crippen molar-refractivity contribution in [1.29, 1.82) is 0 Å². The van der Waals surface area contributed by atoms with Gasteiger partial charge in [-0.2, -0.15) is 0 Å². The molecule has 0 heterocycles. The number of carbonyl (C=O) groups excluding carboxylic acids is 1. The number of urea groups is 1. The molecule has 0 atom stereocenters. The van der Waals surface area contributed by atoms with E-state index in [-0.39, 0.29) is 18.7 Å². The van der Waals surface area contributed by atoms with E-state index in [1.807, 2.05) is 31.2 Å². The average Bonchev–Trinajstić information content (AvgIpc) is 3.27. The Morgan fingerprint density at radius 3 is 2.95 bits per heavy atom. The maximum atomic E-state index is 12.2. The highest BCUT2D eigenvalue weighted by Crippen LogP contribution is 2.27. The number of nitrogens with one attached hydrogen (secondary N) is 1. The molecule has 5 heteroatoms. The fourth-order valence-electron chi connectivity index (χ4n) is 2.10. The highest BCUT2D eigenvalue weighted by Gasteiger charge is 2.32. The zero-order valence-corrected chi connectivity index (χ0v) is 11.8. The normalized spacial score (nSPS) is 14.1. The Balaban J connectivity index is 1.95. The van der Waals surface area contributed by atoms with Crippen molar-refractivity contribution in [3.8, 4) is 0 Å². The molecule has 1 fully saturated rings. The molecule has 1 saturated carbocycles. The van der Waals surface area contributed by atoms with E-state index in [0.717, 1.165) is 24.1 Å². The Labute approximate surface area is 119 Å². The number of amides is 2. The molecule has 1 aliphatic rings. The zero-order valence-electron chi connectivity index (χ0n) is 11.8. The van der Waals surface area contributed by atoms with Gasteiger partial charge in [-0.3, -0.25) is 0 Å². The topological polar surface area (TPSA) is 61.8 Å². The van der Waals surface area contributed by atoms with E-state index >= 15 is 0 Å². The van der Waals surface area contributed by atoms with Crippen LogP contribution in [0.1, 0.15) is 25.3 Å². The Kier molecular flexibility index (Phi) is 5.38. The molecule has 1 aromatic carbocycles. The van der Waals surface area contributed by atoms with E-state index in [9.17, 15) is 4.79 Å². The molecule has 0 radical (unpaired) electrons. The number of aliphatic hydroxyl groups excluding tert-OH is 1. The molecule has 1 aliphatic carbocycles. The van der Waals surface area contributed by atoms with Crippen LogP contribution in [0.15, 0.2) is 24.3 Å². The second kappa shape index (κ2) is 7.26. The third kappa shape index (κ3) is 4.21. The lowest BCUT2D eigenvalue weighted by Crippen LogP contribution is -2.38. The molecule has 2 amide bonds. The first-order chi connectivity index (χ1) is 9.74. The third-order valence-electron chi connectivity index (χ3n) is 3.24. The predicted molar refractivity (Wildman–Crippen MR) is 77.6 cm³/mol. The number of ether oxygens (including phenoxy) is 1. The van der Waals surface area contributed by atoms with E-state index in [2.05, 4.69) is 5.32 Å². The van der Waals surface area contributed by atoms with Crippen molar-refractivity contribution in [1.82, 2.24) is 4.90 Å². The largest absolute Gasteiger partial charge is 0.395 e. The Hall–Kier alpha value is -1.59. The smallest absolute Gasteiger partial charge is 0.322 e. The van der Waals surface area contributed by atoms with E-state index in [1.165, 1.54) is 0 Å². The predicted octanol–water partition coefficient (Wildman–Crippen LogP) is 2.21. The van der Waals surface area contributed by atoms with Crippen molar-refractivity contribution in [3.05, 3.63) is 29.8 Å². The molecule has 0 bridgehead atoms. The summed E-state index contributed by atoms with van der Waals surface area (Å²) in [5.41, 5.74) is 1.79. The standard InChI is InChI=1S/C15H22N2O3/c1-2-20-11-12-4-3-5-13(10-12)16-15(19)17(8-9-18)14-6-7-14/h3-5,10,14,18H,2,6-9,11H2,1H3,(H,16,19). The first kappa shape index (κ1) is 14.8. The van der Waals surface area contributed by atoms with E-state index in [1.54, 1.807) is 4.90 Å². The maximum Gasteiger partial charge on any atom is 0.322 e. The van der Waals surface area contributed by atoms with Crippen molar-refractivity contribution in [2.75, 3.05) is 25.1 Å². The highest BCUT2D eigenvalue weighted by molar-refractivity contribution is 5.89. The quantitative estimate of drug-likeness (QED) is 0.804. The van der Waals surface area contributed by atoms with Crippen LogP contribution in [-0.4, -0.2) is 41.8 Å². The number of anilines is 1. The monoisotopic (exact) mass is 278 g/mol. The molecule has 110 valence electrons. The summed E-state index contributed by atoms with van der Waals surface area (Å²) in [7, 11) is 0. The Bertz CT molecular complexity index is 446. The van der Waals surface area contributed by atoms with Gasteiger partial charge in [0.15, 0.2) is 0 Å². The molecule has 0 unspecified atom stereocenters. The van der Waals surface area contributed by atoms with Crippen LogP contribution in [-0.2, 0) is 11.3 Å². The SMILES string of the molecule is CCOCc1cccc(NC(=O)N(CCO)C2CC2)c1. The summed E-state index contributed by atoms with van der Waals surface area (Å²) in [6.45, 7) is 3.54. The molecule has 1 aromatic rings. The summed E-state index contributed by atoms with van der Waals surface area (Å²) in [5.74, 6) is 0. The summed E-state index contributed by atoms with van der Waals surface area (Å²) >= 11 is 0. The van der Waals surface area contributed by atoms with Crippen LogP contribution < -0.4 is 5.32 Å². The van der Waals surface area contributed by atoms with Crippen molar-refractivity contribution >= 4 is 11.7 Å². The number of aliphatic hydroxyl groups is 1. The minimum atomic E-state index is -0.143. The Morgan fingerprint density at radius 2 is 2.30 bits per heavy atom. The lowest BCUT2D eigenvalue weighted by atomic mass is 10.2. The molecular formula is C15H22N2O3. The van der Waals surface area contributed by atoms with Crippen LogP contribution >= 0.6 is 0 Å². The van der Waals surface area contributed by atoms with Gasteiger partial charge in [0.05, 0.1) is 13.2 Å². The Morgan fingerprint density at radius 1 is 1.50 bits per heavy atom. The van der Waals surface area contributed by atoms with Crippen molar-refractivity contribution < 1.29 is 14.6 Å². The van der Waals surface area contributed by atoms with Crippen LogP contribution in [0.3, 0.4) is 0 Å². The first-order valence-electron chi connectivity index (χ1n) is 7.09. The van der Waals surface area contributed by atoms with E-state index in [4.69, 9.17) is 9.84 Å². The third-order valence-corrected chi connectivity index (χ3v) is 3.24. The zero-order chi connectivity index (χ0) is 14.4. The van der Waals surface area contributed by atoms with Crippen molar-refractivity contribution in [3.63, 3.8) is 0 Å². The number of hydrogen-bond donors (Lipinski definition) is 2. The molecular weight excluding hydrogens is 256 g/mol. The molecule has 0 saturated heterocycles. The number of hydrogen-bond acceptors (Lipinski definition) is 3. The van der Waals surface area contributed by atoms with E-state index in [0.29, 0.717) is 19.8 Å². The van der Waals surface area contributed by atoms with Crippen LogP contribution in [0.4, 0.5) is 10.5 Å². The minimum Gasteiger partial charge on any atom is -0.395 e. The fourth-order valence-corrected chi connectivity index (χ4v) is 2.10. The summed E-state index contributed by atoms with van der Waals surface area (Å²) in [6.07, 6.45) is 2.05. The molecule has 0 aliphatic heterocycles. The van der Waals surface area contributed by atoms with Crippen LogP contribution in [0.25, 0.3) is 0 Å². The number of benzene rings is 1. The maximum absolute atomic E-state index is 12.2. The number of nitrogens with zero attached hydrogens (tertiary/aromatic N) is 1. The molecule has 2 rings (SSSR count). The van der Waals surface area contributed by atoms with Gasteiger partial charge in [0, 0.05) is 24.9 Å². The van der Waals surface area contributed by atoms with Gasteiger partial charge < -0.3 is 20.1 Å². The van der Waals surface area contributed by atoms with Gasteiger partial charge >= 0.3 is 6.03 Å². The summed E-state index contributed by atoms with van der Waals surface area (Å²) < 4.78 is 5.36. The lowest BCUT2D eigenvalue weighted by Gasteiger charge is -2.22.